The first-order chi connectivity index (χ1) is 11.9. The molecule has 0 spiro atoms. The van der Waals surface area contributed by atoms with Crippen LogP contribution in [-0.2, 0) is 17.5 Å². The molecule has 134 valence electrons. The molecule has 2 aromatic rings. The lowest BCUT2D eigenvalue weighted by atomic mass is 10.2. The second-order valence-electron chi connectivity index (χ2n) is 5.73. The van der Waals surface area contributed by atoms with Gasteiger partial charge in [-0.1, -0.05) is 43.3 Å². The number of benzene rings is 2. The van der Waals surface area contributed by atoms with Crippen molar-refractivity contribution in [1.82, 2.24) is 4.90 Å². The van der Waals surface area contributed by atoms with Crippen molar-refractivity contribution < 1.29 is 18.0 Å². The number of hydrogen-bond acceptors (Lipinski definition) is 2. The minimum Gasteiger partial charge on any atom is -0.326 e. The van der Waals surface area contributed by atoms with Crippen LogP contribution in [0.25, 0.3) is 0 Å². The van der Waals surface area contributed by atoms with Crippen LogP contribution < -0.4 is 5.32 Å². The third-order valence-electron chi connectivity index (χ3n) is 3.82. The Balaban J connectivity index is 1.87. The minimum absolute atomic E-state index is 0.158. The predicted octanol–water partition coefficient (Wildman–Crippen LogP) is 4.56. The van der Waals surface area contributed by atoms with Gasteiger partial charge < -0.3 is 5.32 Å². The highest BCUT2D eigenvalue weighted by Crippen LogP contribution is 2.30. The standard InChI is InChI=1S/C19H21F3N2O/c1-2-24(14-15-7-4-3-5-8-15)12-11-18(25)23-17-10-6-9-16(13-17)19(20,21)22/h3-10,13H,2,11-12,14H2,1H3,(H,23,25). The lowest BCUT2D eigenvalue weighted by molar-refractivity contribution is -0.137. The van der Waals surface area contributed by atoms with Crippen molar-refractivity contribution in [3.63, 3.8) is 0 Å². The molecule has 1 N–H and O–H groups in total. The zero-order valence-electron chi connectivity index (χ0n) is 14.0. The van der Waals surface area contributed by atoms with Gasteiger partial charge in [-0.15, -0.1) is 0 Å². The number of amides is 1. The van der Waals surface area contributed by atoms with E-state index in [1.165, 1.54) is 12.1 Å². The number of carbonyl (C=O) groups is 1. The average Bonchev–Trinajstić information content (AvgIpc) is 2.59. The molecule has 0 heterocycles. The number of carbonyl (C=O) groups excluding carboxylic acids is 1. The fourth-order valence-corrected chi connectivity index (χ4v) is 2.45. The van der Waals surface area contributed by atoms with Crippen LogP contribution >= 0.6 is 0 Å². The number of hydrogen-bond donors (Lipinski definition) is 1. The zero-order chi connectivity index (χ0) is 18.3. The van der Waals surface area contributed by atoms with Gasteiger partial charge in [0, 0.05) is 25.2 Å². The molecule has 1 amide bonds. The molecular formula is C19H21F3N2O. The Hall–Kier alpha value is -2.34. The van der Waals surface area contributed by atoms with E-state index >= 15 is 0 Å². The summed E-state index contributed by atoms with van der Waals surface area (Å²) in [6.07, 6.45) is -4.20. The minimum atomic E-state index is -4.42. The van der Waals surface area contributed by atoms with E-state index in [0.29, 0.717) is 6.54 Å². The summed E-state index contributed by atoms with van der Waals surface area (Å²) in [5.74, 6) is -0.300. The molecule has 0 radical (unpaired) electrons. The van der Waals surface area contributed by atoms with Gasteiger partial charge >= 0.3 is 6.18 Å². The van der Waals surface area contributed by atoms with E-state index < -0.39 is 11.7 Å². The molecule has 25 heavy (non-hydrogen) atoms. The molecule has 0 aliphatic heterocycles. The van der Waals surface area contributed by atoms with Crippen molar-refractivity contribution in [3.8, 4) is 0 Å². The van der Waals surface area contributed by atoms with Crippen LogP contribution in [0.3, 0.4) is 0 Å². The van der Waals surface area contributed by atoms with Crippen LogP contribution in [0.5, 0.6) is 0 Å². The highest BCUT2D eigenvalue weighted by molar-refractivity contribution is 5.90. The van der Waals surface area contributed by atoms with Crippen LogP contribution in [0.4, 0.5) is 18.9 Å². The molecule has 0 unspecified atom stereocenters. The third kappa shape index (κ3) is 6.23. The maximum atomic E-state index is 12.7. The van der Waals surface area contributed by atoms with Crippen molar-refractivity contribution in [3.05, 3.63) is 65.7 Å². The van der Waals surface area contributed by atoms with Crippen LogP contribution in [0.15, 0.2) is 54.6 Å². The number of rotatable bonds is 7. The quantitative estimate of drug-likeness (QED) is 0.794. The number of nitrogens with one attached hydrogen (secondary N) is 1. The van der Waals surface area contributed by atoms with Crippen molar-refractivity contribution in [2.24, 2.45) is 0 Å². The van der Waals surface area contributed by atoms with Gasteiger partial charge in [-0.2, -0.15) is 13.2 Å². The van der Waals surface area contributed by atoms with Crippen molar-refractivity contribution in [1.29, 1.82) is 0 Å². The summed E-state index contributed by atoms with van der Waals surface area (Å²) < 4.78 is 38.1. The fraction of sp³-hybridized carbons (Fsp3) is 0.316. The second kappa shape index (κ2) is 8.67. The summed E-state index contributed by atoms with van der Waals surface area (Å²) in [5, 5.41) is 2.53. The van der Waals surface area contributed by atoms with E-state index in [4.69, 9.17) is 0 Å². The smallest absolute Gasteiger partial charge is 0.326 e. The fourth-order valence-electron chi connectivity index (χ4n) is 2.45. The molecule has 2 rings (SSSR count). The number of nitrogens with zero attached hydrogens (tertiary/aromatic N) is 1. The maximum absolute atomic E-state index is 12.7. The summed E-state index contributed by atoms with van der Waals surface area (Å²) in [6.45, 7) is 4.06. The van der Waals surface area contributed by atoms with E-state index in [2.05, 4.69) is 10.2 Å². The molecule has 0 aliphatic rings. The molecule has 0 aliphatic carbocycles. The molecular weight excluding hydrogens is 329 g/mol. The van der Waals surface area contributed by atoms with E-state index in [9.17, 15) is 18.0 Å². The topological polar surface area (TPSA) is 32.3 Å². The number of alkyl halides is 3. The molecule has 0 aromatic heterocycles. The Morgan fingerprint density at radius 3 is 2.44 bits per heavy atom. The first-order valence-corrected chi connectivity index (χ1v) is 8.12. The SMILES string of the molecule is CCN(CCC(=O)Nc1cccc(C(F)(F)F)c1)Cc1ccccc1. The number of halogens is 3. The van der Waals surface area contributed by atoms with Gasteiger partial charge in [0.15, 0.2) is 0 Å². The number of anilines is 1. The van der Waals surface area contributed by atoms with Gasteiger partial charge in [0.2, 0.25) is 5.91 Å². The summed E-state index contributed by atoms with van der Waals surface area (Å²) >= 11 is 0. The van der Waals surface area contributed by atoms with Gasteiger partial charge in [0.1, 0.15) is 0 Å². The van der Waals surface area contributed by atoms with Gasteiger partial charge in [-0.25, -0.2) is 0 Å². The Bertz CT molecular complexity index is 687. The van der Waals surface area contributed by atoms with Crippen molar-refractivity contribution in [2.75, 3.05) is 18.4 Å². The zero-order valence-corrected chi connectivity index (χ0v) is 14.0. The van der Waals surface area contributed by atoms with Crippen LogP contribution in [0, 0.1) is 0 Å². The largest absolute Gasteiger partial charge is 0.416 e. The molecule has 3 nitrogen and oxygen atoms in total. The summed E-state index contributed by atoms with van der Waals surface area (Å²) in [6, 6.07) is 14.6. The van der Waals surface area contributed by atoms with Crippen LogP contribution in [0.1, 0.15) is 24.5 Å². The monoisotopic (exact) mass is 350 g/mol. The van der Waals surface area contributed by atoms with E-state index in [1.54, 1.807) is 0 Å². The lowest BCUT2D eigenvalue weighted by Crippen LogP contribution is -2.27. The summed E-state index contributed by atoms with van der Waals surface area (Å²) in [7, 11) is 0. The molecule has 6 heteroatoms. The highest BCUT2D eigenvalue weighted by atomic mass is 19.4. The van der Waals surface area contributed by atoms with Crippen molar-refractivity contribution >= 4 is 11.6 Å². The van der Waals surface area contributed by atoms with Crippen LogP contribution in [0.2, 0.25) is 0 Å². The Kier molecular flexibility index (Phi) is 6.58. The lowest BCUT2D eigenvalue weighted by Gasteiger charge is -2.20. The second-order valence-corrected chi connectivity index (χ2v) is 5.73. The van der Waals surface area contributed by atoms with E-state index in [-0.39, 0.29) is 18.0 Å². The first-order valence-electron chi connectivity index (χ1n) is 8.12. The maximum Gasteiger partial charge on any atom is 0.416 e. The molecule has 0 saturated carbocycles. The molecule has 0 saturated heterocycles. The van der Waals surface area contributed by atoms with Gasteiger partial charge in [-0.3, -0.25) is 9.69 Å². The highest BCUT2D eigenvalue weighted by Gasteiger charge is 2.30. The van der Waals surface area contributed by atoms with Gasteiger partial charge in [0.25, 0.3) is 0 Å². The first kappa shape index (κ1) is 19.0. The average molecular weight is 350 g/mol. The molecule has 2 aromatic carbocycles. The molecule has 0 fully saturated rings. The molecule has 0 bridgehead atoms. The molecule has 0 atom stereocenters. The summed E-state index contributed by atoms with van der Waals surface area (Å²) in [4.78, 5) is 14.1. The van der Waals surface area contributed by atoms with Crippen molar-refractivity contribution in [2.45, 2.75) is 26.1 Å². The Morgan fingerprint density at radius 1 is 1.08 bits per heavy atom. The van der Waals surface area contributed by atoms with E-state index in [1.807, 2.05) is 37.3 Å². The third-order valence-corrected chi connectivity index (χ3v) is 3.82. The summed E-state index contributed by atoms with van der Waals surface area (Å²) in [5.41, 5.74) is 0.540. The predicted molar refractivity (Wildman–Crippen MR) is 92.1 cm³/mol. The van der Waals surface area contributed by atoms with Crippen LogP contribution in [-0.4, -0.2) is 23.9 Å². The normalized spacial score (nSPS) is 11.6. The van der Waals surface area contributed by atoms with Gasteiger partial charge in [-0.05, 0) is 30.3 Å². The van der Waals surface area contributed by atoms with Gasteiger partial charge in [0.05, 0.1) is 5.56 Å². The Morgan fingerprint density at radius 2 is 1.80 bits per heavy atom. The van der Waals surface area contributed by atoms with E-state index in [0.717, 1.165) is 30.8 Å². The Labute approximate surface area is 145 Å².